The van der Waals surface area contributed by atoms with Gasteiger partial charge in [0.1, 0.15) is 11.6 Å². The van der Waals surface area contributed by atoms with Crippen LogP contribution in [0.15, 0.2) is 34.9 Å². The van der Waals surface area contributed by atoms with Crippen molar-refractivity contribution in [1.82, 2.24) is 5.32 Å². The van der Waals surface area contributed by atoms with Gasteiger partial charge in [0.2, 0.25) is 0 Å². The second-order valence-electron chi connectivity index (χ2n) is 5.43. The summed E-state index contributed by atoms with van der Waals surface area (Å²) in [7, 11) is 0. The van der Waals surface area contributed by atoms with Gasteiger partial charge in [0, 0.05) is 18.0 Å². The molecule has 0 aliphatic rings. The number of hydrogen-bond donors (Lipinski definition) is 1. The first-order valence-electron chi connectivity index (χ1n) is 7.70. The quantitative estimate of drug-likeness (QED) is 0.807. The zero-order valence-electron chi connectivity index (χ0n) is 13.1. The molecule has 1 unspecified atom stereocenters. The number of benzene rings is 1. The van der Waals surface area contributed by atoms with Crippen LogP contribution in [0.2, 0.25) is 0 Å². The lowest BCUT2D eigenvalue weighted by Crippen LogP contribution is -2.24. The molecule has 1 N–H and O–H groups in total. The molecule has 21 heavy (non-hydrogen) atoms. The maximum absolute atomic E-state index is 13.2. The van der Waals surface area contributed by atoms with Crippen molar-refractivity contribution in [1.29, 1.82) is 0 Å². The monoisotopic (exact) mass is 289 g/mol. The molecule has 1 aromatic heterocycles. The number of rotatable bonds is 7. The van der Waals surface area contributed by atoms with Gasteiger partial charge in [-0.3, -0.25) is 0 Å². The molecule has 0 radical (unpaired) electrons. The molecule has 0 aliphatic heterocycles. The van der Waals surface area contributed by atoms with E-state index < -0.39 is 0 Å². The van der Waals surface area contributed by atoms with E-state index in [0.717, 1.165) is 37.1 Å². The Morgan fingerprint density at radius 1 is 1.24 bits per heavy atom. The first-order chi connectivity index (χ1) is 10.2. The van der Waals surface area contributed by atoms with Crippen molar-refractivity contribution >= 4 is 0 Å². The van der Waals surface area contributed by atoms with Crippen LogP contribution in [0.4, 0.5) is 4.39 Å². The fourth-order valence-electron chi connectivity index (χ4n) is 2.67. The fourth-order valence-corrected chi connectivity index (χ4v) is 2.67. The molecule has 0 saturated heterocycles. The summed E-state index contributed by atoms with van der Waals surface area (Å²) in [6, 6.07) is 7.28. The van der Waals surface area contributed by atoms with Gasteiger partial charge in [-0.05, 0) is 55.6 Å². The lowest BCUT2D eigenvalue weighted by Gasteiger charge is -2.20. The van der Waals surface area contributed by atoms with E-state index in [1.54, 1.807) is 12.3 Å². The van der Waals surface area contributed by atoms with Crippen LogP contribution in [-0.2, 0) is 12.8 Å². The Hall–Kier alpha value is -1.61. The largest absolute Gasteiger partial charge is 0.469 e. The molecular formula is C18H24FNO. The van der Waals surface area contributed by atoms with Gasteiger partial charge in [0.05, 0.1) is 6.26 Å². The third-order valence-corrected chi connectivity index (χ3v) is 3.85. The van der Waals surface area contributed by atoms with Crippen LogP contribution in [-0.4, -0.2) is 6.54 Å². The highest BCUT2D eigenvalue weighted by molar-refractivity contribution is 5.30. The van der Waals surface area contributed by atoms with Crippen LogP contribution in [0.1, 0.15) is 48.8 Å². The number of hydrogen-bond acceptors (Lipinski definition) is 2. The van der Waals surface area contributed by atoms with Gasteiger partial charge in [-0.2, -0.15) is 0 Å². The normalized spacial score (nSPS) is 12.6. The van der Waals surface area contributed by atoms with E-state index in [4.69, 9.17) is 4.42 Å². The molecule has 0 bridgehead atoms. The lowest BCUT2D eigenvalue weighted by atomic mass is 9.95. The molecule has 2 nitrogen and oxygen atoms in total. The standard InChI is InChI=1S/C18H24FNO/c1-4-9-20-17(16-8-10-21-18(16)5-2)12-14-6-7-15(19)11-13(14)3/h6-8,10-11,17,20H,4-5,9,12H2,1-3H3. The third-order valence-electron chi connectivity index (χ3n) is 3.85. The Labute approximate surface area is 126 Å². The molecule has 0 saturated carbocycles. The topological polar surface area (TPSA) is 25.2 Å². The number of halogens is 1. The summed E-state index contributed by atoms with van der Waals surface area (Å²) < 4.78 is 18.8. The van der Waals surface area contributed by atoms with Crippen LogP contribution in [0.5, 0.6) is 0 Å². The van der Waals surface area contributed by atoms with E-state index in [1.165, 1.54) is 17.2 Å². The highest BCUT2D eigenvalue weighted by atomic mass is 19.1. The number of aryl methyl sites for hydroxylation is 2. The summed E-state index contributed by atoms with van der Waals surface area (Å²) in [5, 5.41) is 3.58. The van der Waals surface area contributed by atoms with Crippen LogP contribution in [0.3, 0.4) is 0 Å². The van der Waals surface area contributed by atoms with Gasteiger partial charge in [0.15, 0.2) is 0 Å². The molecule has 2 rings (SSSR count). The van der Waals surface area contributed by atoms with Gasteiger partial charge in [-0.15, -0.1) is 0 Å². The Morgan fingerprint density at radius 2 is 2.05 bits per heavy atom. The average Bonchev–Trinajstić information content (AvgIpc) is 2.94. The van der Waals surface area contributed by atoms with Crippen molar-refractivity contribution < 1.29 is 8.81 Å². The number of nitrogens with one attached hydrogen (secondary N) is 1. The summed E-state index contributed by atoms with van der Waals surface area (Å²) in [6.45, 7) is 7.18. The summed E-state index contributed by atoms with van der Waals surface area (Å²) in [4.78, 5) is 0. The van der Waals surface area contributed by atoms with Crippen LogP contribution in [0, 0.1) is 12.7 Å². The SMILES string of the molecule is CCCNC(Cc1ccc(F)cc1C)c1ccoc1CC. The van der Waals surface area contributed by atoms with Crippen molar-refractivity contribution in [2.24, 2.45) is 0 Å². The molecule has 0 spiro atoms. The minimum atomic E-state index is -0.174. The second kappa shape index (κ2) is 7.41. The second-order valence-corrected chi connectivity index (χ2v) is 5.43. The maximum atomic E-state index is 13.2. The highest BCUT2D eigenvalue weighted by Crippen LogP contribution is 2.25. The van der Waals surface area contributed by atoms with Crippen molar-refractivity contribution in [3.8, 4) is 0 Å². The lowest BCUT2D eigenvalue weighted by molar-refractivity contribution is 0.481. The third kappa shape index (κ3) is 3.94. The molecule has 2 aromatic rings. The van der Waals surface area contributed by atoms with E-state index in [-0.39, 0.29) is 11.9 Å². The molecule has 3 heteroatoms. The Balaban J connectivity index is 2.24. The van der Waals surface area contributed by atoms with Gasteiger partial charge < -0.3 is 9.73 Å². The summed E-state index contributed by atoms with van der Waals surface area (Å²) >= 11 is 0. The molecular weight excluding hydrogens is 265 g/mol. The summed E-state index contributed by atoms with van der Waals surface area (Å²) in [5.41, 5.74) is 3.39. The minimum absolute atomic E-state index is 0.174. The number of furan rings is 1. The van der Waals surface area contributed by atoms with Crippen LogP contribution < -0.4 is 5.32 Å². The smallest absolute Gasteiger partial charge is 0.123 e. The molecule has 1 aromatic carbocycles. The maximum Gasteiger partial charge on any atom is 0.123 e. The molecule has 1 atom stereocenters. The minimum Gasteiger partial charge on any atom is -0.469 e. The fraction of sp³-hybridized carbons (Fsp3) is 0.444. The van der Waals surface area contributed by atoms with Gasteiger partial charge >= 0.3 is 0 Å². The first-order valence-corrected chi connectivity index (χ1v) is 7.70. The molecule has 114 valence electrons. The molecule has 0 amide bonds. The Kier molecular flexibility index (Phi) is 5.57. The van der Waals surface area contributed by atoms with Crippen molar-refractivity contribution in [3.05, 3.63) is 58.8 Å². The van der Waals surface area contributed by atoms with Crippen molar-refractivity contribution in [2.45, 2.75) is 46.1 Å². The van der Waals surface area contributed by atoms with Gasteiger partial charge in [-0.25, -0.2) is 4.39 Å². The highest BCUT2D eigenvalue weighted by Gasteiger charge is 2.18. The zero-order valence-corrected chi connectivity index (χ0v) is 13.1. The Bertz CT molecular complexity index is 576. The van der Waals surface area contributed by atoms with E-state index in [1.807, 2.05) is 19.1 Å². The van der Waals surface area contributed by atoms with E-state index in [9.17, 15) is 4.39 Å². The summed E-state index contributed by atoms with van der Waals surface area (Å²) in [6.07, 6.45) is 4.57. The predicted octanol–water partition coefficient (Wildman–Crippen LogP) is 4.57. The van der Waals surface area contributed by atoms with E-state index in [0.29, 0.717) is 0 Å². The molecule has 0 fully saturated rings. The first kappa shape index (κ1) is 15.8. The zero-order chi connectivity index (χ0) is 15.2. The van der Waals surface area contributed by atoms with Crippen molar-refractivity contribution in [2.75, 3.05) is 6.54 Å². The molecule has 1 heterocycles. The predicted molar refractivity (Wildman–Crippen MR) is 84.0 cm³/mol. The van der Waals surface area contributed by atoms with Gasteiger partial charge in [0.25, 0.3) is 0 Å². The van der Waals surface area contributed by atoms with Gasteiger partial charge in [-0.1, -0.05) is 19.9 Å². The van der Waals surface area contributed by atoms with Crippen LogP contribution >= 0.6 is 0 Å². The summed E-state index contributed by atoms with van der Waals surface area (Å²) in [5.74, 6) is 0.857. The van der Waals surface area contributed by atoms with E-state index >= 15 is 0 Å². The van der Waals surface area contributed by atoms with E-state index in [2.05, 4.69) is 19.2 Å². The van der Waals surface area contributed by atoms with Crippen LogP contribution in [0.25, 0.3) is 0 Å². The Morgan fingerprint density at radius 3 is 2.71 bits per heavy atom. The molecule has 0 aliphatic carbocycles. The average molecular weight is 289 g/mol. The van der Waals surface area contributed by atoms with Crippen molar-refractivity contribution in [3.63, 3.8) is 0 Å².